The number of aliphatic hydroxyl groups is 1. The van der Waals surface area contributed by atoms with E-state index in [2.05, 4.69) is 20.2 Å². The number of benzene rings is 1. The van der Waals surface area contributed by atoms with E-state index in [1.54, 1.807) is 27.8 Å². The third kappa shape index (κ3) is 3.77. The maximum absolute atomic E-state index is 13.8. The number of nitrogens with zero attached hydrogens (tertiary/aromatic N) is 4. The van der Waals surface area contributed by atoms with Crippen LogP contribution in [0, 0.1) is 4.64 Å². The molecule has 1 aliphatic heterocycles. The van der Waals surface area contributed by atoms with Gasteiger partial charge in [0.2, 0.25) is 5.91 Å². The fraction of sp³-hybridized carbons (Fsp3) is 0.261. The molecule has 1 amide bonds. The molecular formula is C23H22N6O3S. The average molecular weight is 463 g/mol. The van der Waals surface area contributed by atoms with Gasteiger partial charge in [0.25, 0.3) is 5.56 Å². The van der Waals surface area contributed by atoms with E-state index in [-0.39, 0.29) is 21.5 Å². The molecule has 0 bridgehead atoms. The minimum atomic E-state index is -1.07. The fourth-order valence-corrected chi connectivity index (χ4v) is 4.69. The van der Waals surface area contributed by atoms with Gasteiger partial charge >= 0.3 is 0 Å². The lowest BCUT2D eigenvalue weighted by atomic mass is 9.87. The molecular weight excluding hydrogens is 440 g/mol. The predicted octanol–water partition coefficient (Wildman–Crippen LogP) is 2.28. The summed E-state index contributed by atoms with van der Waals surface area (Å²) in [5.74, 6) is -0.173. The highest BCUT2D eigenvalue weighted by Gasteiger charge is 2.38. The van der Waals surface area contributed by atoms with Crippen LogP contribution >= 0.6 is 12.2 Å². The maximum atomic E-state index is 13.8. The second-order valence-electron chi connectivity index (χ2n) is 8.14. The average Bonchev–Trinajstić information content (AvgIpc) is 3.24. The van der Waals surface area contributed by atoms with Crippen LogP contribution < -0.4 is 5.56 Å². The van der Waals surface area contributed by atoms with Crippen molar-refractivity contribution < 1.29 is 9.90 Å². The Kier molecular flexibility index (Phi) is 5.39. The lowest BCUT2D eigenvalue weighted by Crippen LogP contribution is -2.48. The zero-order chi connectivity index (χ0) is 23.0. The van der Waals surface area contributed by atoms with Crippen molar-refractivity contribution in [2.24, 2.45) is 0 Å². The van der Waals surface area contributed by atoms with Crippen molar-refractivity contribution in [2.75, 3.05) is 13.1 Å². The first-order valence-electron chi connectivity index (χ1n) is 10.6. The number of carbonyl (C=O) groups excluding carboxylic acids is 1. The molecule has 0 radical (unpaired) electrons. The second kappa shape index (κ2) is 8.38. The Hall–Kier alpha value is -3.63. The van der Waals surface area contributed by atoms with E-state index in [9.17, 15) is 14.7 Å². The van der Waals surface area contributed by atoms with Crippen LogP contribution in [0.15, 0.2) is 65.8 Å². The van der Waals surface area contributed by atoms with Gasteiger partial charge in [-0.25, -0.2) is 4.98 Å². The highest BCUT2D eigenvalue weighted by molar-refractivity contribution is 7.71. The molecule has 4 heterocycles. The first kappa shape index (κ1) is 21.2. The van der Waals surface area contributed by atoms with Gasteiger partial charge in [-0.2, -0.15) is 0 Å². The van der Waals surface area contributed by atoms with Gasteiger partial charge in [0.15, 0.2) is 5.65 Å². The van der Waals surface area contributed by atoms with Gasteiger partial charge < -0.3 is 14.6 Å². The summed E-state index contributed by atoms with van der Waals surface area (Å²) < 4.78 is 1.80. The number of pyridine rings is 1. The molecule has 5 rings (SSSR count). The van der Waals surface area contributed by atoms with Crippen molar-refractivity contribution in [1.82, 2.24) is 29.6 Å². The molecule has 1 aromatic carbocycles. The number of carbonyl (C=O) groups is 1. The Morgan fingerprint density at radius 1 is 1.06 bits per heavy atom. The SMILES string of the molecule is O=C(C(c1ccccc1)n1cnc2[nH][nH]c(=O)c2c1=S)N1CCC(O)(c2ccccn2)CC1. The number of amides is 1. The van der Waals surface area contributed by atoms with E-state index >= 15 is 0 Å². The van der Waals surface area contributed by atoms with Gasteiger partial charge in [-0.15, -0.1) is 0 Å². The molecule has 0 aliphatic carbocycles. The monoisotopic (exact) mass is 462 g/mol. The molecule has 1 atom stereocenters. The highest BCUT2D eigenvalue weighted by atomic mass is 32.1. The maximum Gasteiger partial charge on any atom is 0.276 e. The Labute approximate surface area is 193 Å². The van der Waals surface area contributed by atoms with Crippen molar-refractivity contribution in [1.29, 1.82) is 0 Å². The van der Waals surface area contributed by atoms with E-state index in [1.165, 1.54) is 6.33 Å². The zero-order valence-corrected chi connectivity index (χ0v) is 18.5. The molecule has 1 unspecified atom stereocenters. The minimum Gasteiger partial charge on any atom is -0.383 e. The van der Waals surface area contributed by atoms with Crippen LogP contribution in [0.2, 0.25) is 0 Å². The van der Waals surface area contributed by atoms with Crippen LogP contribution in [0.3, 0.4) is 0 Å². The number of aromatic amines is 2. The second-order valence-corrected chi connectivity index (χ2v) is 8.53. The van der Waals surface area contributed by atoms with Gasteiger partial charge in [-0.3, -0.25) is 24.8 Å². The molecule has 1 aliphatic rings. The summed E-state index contributed by atoms with van der Waals surface area (Å²) >= 11 is 5.60. The summed E-state index contributed by atoms with van der Waals surface area (Å²) in [5, 5.41) is 16.5. The first-order valence-corrected chi connectivity index (χ1v) is 11.0. The number of hydrogen-bond donors (Lipinski definition) is 3. The van der Waals surface area contributed by atoms with Crippen LogP contribution in [-0.4, -0.2) is 53.7 Å². The molecule has 9 nitrogen and oxygen atoms in total. The summed E-state index contributed by atoms with van der Waals surface area (Å²) in [5.41, 5.74) is 0.237. The van der Waals surface area contributed by atoms with Crippen LogP contribution in [0.1, 0.15) is 30.1 Å². The summed E-state index contributed by atoms with van der Waals surface area (Å²) in [6.07, 6.45) is 3.89. The summed E-state index contributed by atoms with van der Waals surface area (Å²) in [4.78, 5) is 36.4. The molecule has 4 aromatic rings. The molecule has 1 saturated heterocycles. The normalized spacial score (nSPS) is 16.6. The number of fused-ring (bicyclic) bond motifs is 1. The fourth-order valence-electron chi connectivity index (χ4n) is 4.35. The van der Waals surface area contributed by atoms with Gasteiger partial charge in [-0.1, -0.05) is 48.6 Å². The van der Waals surface area contributed by atoms with E-state index in [0.717, 1.165) is 5.56 Å². The topological polar surface area (TPSA) is 120 Å². The third-order valence-corrected chi connectivity index (χ3v) is 6.60. The van der Waals surface area contributed by atoms with Crippen LogP contribution in [-0.2, 0) is 10.4 Å². The predicted molar refractivity (Wildman–Crippen MR) is 124 cm³/mol. The van der Waals surface area contributed by atoms with E-state index in [1.807, 2.05) is 36.4 Å². The Morgan fingerprint density at radius 2 is 1.79 bits per heavy atom. The van der Waals surface area contributed by atoms with Gasteiger partial charge in [0.1, 0.15) is 21.7 Å². The van der Waals surface area contributed by atoms with Crippen molar-refractivity contribution in [3.8, 4) is 0 Å². The molecule has 10 heteroatoms. The molecule has 168 valence electrons. The summed E-state index contributed by atoms with van der Waals surface area (Å²) in [7, 11) is 0. The lowest BCUT2D eigenvalue weighted by Gasteiger charge is -2.39. The number of hydrogen-bond acceptors (Lipinski definition) is 6. The van der Waals surface area contributed by atoms with Gasteiger partial charge in [0.05, 0.1) is 12.0 Å². The molecule has 1 fully saturated rings. The molecule has 3 aromatic heterocycles. The first-order chi connectivity index (χ1) is 16.0. The Balaban J connectivity index is 1.50. The Morgan fingerprint density at radius 3 is 2.48 bits per heavy atom. The number of likely N-dealkylation sites (tertiary alicyclic amines) is 1. The molecule has 33 heavy (non-hydrogen) atoms. The number of nitrogens with one attached hydrogen (secondary N) is 2. The minimum absolute atomic E-state index is 0.173. The Bertz CT molecular complexity index is 1400. The van der Waals surface area contributed by atoms with Crippen LogP contribution in [0.4, 0.5) is 0 Å². The third-order valence-electron chi connectivity index (χ3n) is 6.19. The van der Waals surface area contributed by atoms with Gasteiger partial charge in [0, 0.05) is 19.3 Å². The number of H-pyrrole nitrogens is 2. The molecule has 0 spiro atoms. The van der Waals surface area contributed by atoms with Crippen LogP contribution in [0.25, 0.3) is 11.0 Å². The number of piperidine rings is 1. The molecule has 0 saturated carbocycles. The van der Waals surface area contributed by atoms with Crippen molar-refractivity contribution in [3.63, 3.8) is 0 Å². The number of rotatable bonds is 4. The van der Waals surface area contributed by atoms with Crippen molar-refractivity contribution >= 4 is 29.2 Å². The summed E-state index contributed by atoms with van der Waals surface area (Å²) in [6, 6.07) is 13.9. The highest BCUT2D eigenvalue weighted by Crippen LogP contribution is 2.33. The summed E-state index contributed by atoms with van der Waals surface area (Å²) in [6.45, 7) is 0.728. The molecule has 3 N–H and O–H groups in total. The van der Waals surface area contributed by atoms with Crippen LogP contribution in [0.5, 0.6) is 0 Å². The lowest BCUT2D eigenvalue weighted by molar-refractivity contribution is -0.138. The smallest absolute Gasteiger partial charge is 0.276 e. The number of aromatic nitrogens is 5. The van der Waals surface area contributed by atoms with Crippen molar-refractivity contribution in [3.05, 3.63) is 87.3 Å². The quantitative estimate of drug-likeness (QED) is 0.400. The standard InChI is InChI=1S/C23H22N6O3S/c30-20-17-19(26-27-20)25-14-29(22(17)33)18(15-6-2-1-3-7-15)21(31)28-12-9-23(32,10-13-28)16-8-4-5-11-24-16/h1-8,11,14,18,32H,9-10,12-13H2,(H2,26,27,30). The van der Waals surface area contributed by atoms with Crippen molar-refractivity contribution in [2.45, 2.75) is 24.5 Å². The van der Waals surface area contributed by atoms with Gasteiger partial charge in [-0.05, 0) is 30.5 Å². The zero-order valence-electron chi connectivity index (χ0n) is 17.6. The van der Waals surface area contributed by atoms with E-state index < -0.39 is 11.6 Å². The largest absolute Gasteiger partial charge is 0.383 e. The van der Waals surface area contributed by atoms with E-state index in [0.29, 0.717) is 37.3 Å². The van der Waals surface area contributed by atoms with E-state index in [4.69, 9.17) is 12.2 Å².